The van der Waals surface area contributed by atoms with Crippen molar-refractivity contribution in [1.29, 1.82) is 0 Å². The van der Waals surface area contributed by atoms with Crippen molar-refractivity contribution < 1.29 is 4.42 Å². The lowest BCUT2D eigenvalue weighted by atomic mass is 9.99. The molecule has 1 heterocycles. The van der Waals surface area contributed by atoms with Gasteiger partial charge < -0.3 is 4.42 Å². The predicted octanol–water partition coefficient (Wildman–Crippen LogP) is 7.23. The third kappa shape index (κ3) is 2.49. The molecule has 0 aliphatic carbocycles. The molecule has 0 unspecified atom stereocenters. The standard InChI is InChI=1S/C25H18O/c1-17-5-4-6-20(15-17)18-9-11-19(12-10-18)21-13-14-23-22-7-2-3-8-24(22)26-25(23)16-21/h2-16H,1H3. The first-order valence-electron chi connectivity index (χ1n) is 8.87. The Morgan fingerprint density at radius 3 is 1.92 bits per heavy atom. The quantitative estimate of drug-likeness (QED) is 0.332. The van der Waals surface area contributed by atoms with Crippen molar-refractivity contribution in [2.45, 2.75) is 6.92 Å². The first kappa shape index (κ1) is 15.0. The van der Waals surface area contributed by atoms with Gasteiger partial charge in [-0.25, -0.2) is 0 Å². The summed E-state index contributed by atoms with van der Waals surface area (Å²) in [5.41, 5.74) is 8.02. The minimum Gasteiger partial charge on any atom is -0.456 e. The maximum atomic E-state index is 6.02. The Balaban J connectivity index is 1.56. The Morgan fingerprint density at radius 2 is 1.15 bits per heavy atom. The molecule has 0 atom stereocenters. The number of para-hydroxylation sites is 1. The van der Waals surface area contributed by atoms with Crippen LogP contribution in [0.1, 0.15) is 5.56 Å². The summed E-state index contributed by atoms with van der Waals surface area (Å²) < 4.78 is 6.02. The van der Waals surface area contributed by atoms with Gasteiger partial charge in [-0.2, -0.15) is 0 Å². The van der Waals surface area contributed by atoms with E-state index in [0.29, 0.717) is 0 Å². The summed E-state index contributed by atoms with van der Waals surface area (Å²) in [6.07, 6.45) is 0. The van der Waals surface area contributed by atoms with E-state index in [1.165, 1.54) is 38.6 Å². The van der Waals surface area contributed by atoms with Gasteiger partial charge in [-0.15, -0.1) is 0 Å². The summed E-state index contributed by atoms with van der Waals surface area (Å²) in [5, 5.41) is 2.34. The summed E-state index contributed by atoms with van der Waals surface area (Å²) in [4.78, 5) is 0. The molecule has 5 rings (SSSR count). The molecule has 124 valence electrons. The predicted molar refractivity (Wildman–Crippen MR) is 109 cm³/mol. The number of fused-ring (bicyclic) bond motifs is 3. The summed E-state index contributed by atoms with van der Waals surface area (Å²) in [7, 11) is 0. The maximum absolute atomic E-state index is 6.02. The highest BCUT2D eigenvalue weighted by molar-refractivity contribution is 6.05. The van der Waals surface area contributed by atoms with Gasteiger partial charge in [0.05, 0.1) is 0 Å². The first-order chi connectivity index (χ1) is 12.8. The molecule has 1 aromatic heterocycles. The van der Waals surface area contributed by atoms with Gasteiger partial charge in [-0.1, -0.05) is 78.4 Å². The van der Waals surface area contributed by atoms with Gasteiger partial charge in [-0.05, 0) is 47.4 Å². The zero-order valence-corrected chi connectivity index (χ0v) is 14.6. The molecule has 1 heteroatoms. The van der Waals surface area contributed by atoms with Gasteiger partial charge in [0.1, 0.15) is 11.2 Å². The number of rotatable bonds is 2. The van der Waals surface area contributed by atoms with Crippen molar-refractivity contribution in [1.82, 2.24) is 0 Å². The van der Waals surface area contributed by atoms with Crippen LogP contribution in [0.3, 0.4) is 0 Å². The minimum absolute atomic E-state index is 0.937. The molecule has 0 aliphatic heterocycles. The second kappa shape index (κ2) is 5.89. The Kier molecular flexibility index (Phi) is 3.39. The molecule has 0 amide bonds. The van der Waals surface area contributed by atoms with Crippen LogP contribution in [0.4, 0.5) is 0 Å². The molecule has 4 aromatic carbocycles. The number of hydrogen-bond donors (Lipinski definition) is 0. The molecule has 0 saturated carbocycles. The van der Waals surface area contributed by atoms with Crippen LogP contribution in [0.25, 0.3) is 44.2 Å². The average Bonchev–Trinajstić information content (AvgIpc) is 3.06. The van der Waals surface area contributed by atoms with Crippen molar-refractivity contribution >= 4 is 21.9 Å². The highest BCUT2D eigenvalue weighted by Gasteiger charge is 2.08. The van der Waals surface area contributed by atoms with Crippen LogP contribution in [0.5, 0.6) is 0 Å². The van der Waals surface area contributed by atoms with Crippen LogP contribution in [-0.2, 0) is 0 Å². The van der Waals surface area contributed by atoms with Gasteiger partial charge in [0, 0.05) is 10.8 Å². The Hall–Kier alpha value is -3.32. The molecule has 0 saturated heterocycles. The van der Waals surface area contributed by atoms with Crippen molar-refractivity contribution in [3.8, 4) is 22.3 Å². The summed E-state index contributed by atoms with van der Waals surface area (Å²) >= 11 is 0. The minimum atomic E-state index is 0.937. The van der Waals surface area contributed by atoms with E-state index in [4.69, 9.17) is 4.42 Å². The molecule has 0 N–H and O–H groups in total. The van der Waals surface area contributed by atoms with Gasteiger partial charge >= 0.3 is 0 Å². The van der Waals surface area contributed by atoms with E-state index in [-0.39, 0.29) is 0 Å². The second-order valence-corrected chi connectivity index (χ2v) is 6.76. The van der Waals surface area contributed by atoms with E-state index in [1.807, 2.05) is 12.1 Å². The highest BCUT2D eigenvalue weighted by Crippen LogP contribution is 2.32. The van der Waals surface area contributed by atoms with Crippen LogP contribution in [-0.4, -0.2) is 0 Å². The van der Waals surface area contributed by atoms with Gasteiger partial charge in [0.15, 0.2) is 0 Å². The van der Waals surface area contributed by atoms with Crippen LogP contribution < -0.4 is 0 Å². The van der Waals surface area contributed by atoms with Crippen molar-refractivity contribution in [3.05, 3.63) is 96.6 Å². The topological polar surface area (TPSA) is 13.1 Å². The Morgan fingerprint density at radius 1 is 0.500 bits per heavy atom. The number of furan rings is 1. The van der Waals surface area contributed by atoms with E-state index in [1.54, 1.807) is 0 Å². The normalized spacial score (nSPS) is 11.3. The number of benzene rings is 4. The fourth-order valence-electron chi connectivity index (χ4n) is 3.59. The summed E-state index contributed by atoms with van der Waals surface area (Å²) in [6, 6.07) is 32.0. The average molecular weight is 334 g/mol. The fourth-order valence-corrected chi connectivity index (χ4v) is 3.59. The fraction of sp³-hybridized carbons (Fsp3) is 0.0400. The molecule has 0 fully saturated rings. The van der Waals surface area contributed by atoms with E-state index >= 15 is 0 Å². The Labute approximate surface area is 152 Å². The molecule has 0 spiro atoms. The van der Waals surface area contributed by atoms with Crippen molar-refractivity contribution in [3.63, 3.8) is 0 Å². The molecular formula is C25H18O. The van der Waals surface area contributed by atoms with E-state index in [9.17, 15) is 0 Å². The maximum Gasteiger partial charge on any atom is 0.136 e. The zero-order chi connectivity index (χ0) is 17.5. The lowest BCUT2D eigenvalue weighted by Crippen LogP contribution is -1.81. The highest BCUT2D eigenvalue weighted by atomic mass is 16.3. The molecular weight excluding hydrogens is 316 g/mol. The molecule has 5 aromatic rings. The van der Waals surface area contributed by atoms with Gasteiger partial charge in [-0.3, -0.25) is 0 Å². The molecule has 1 nitrogen and oxygen atoms in total. The largest absolute Gasteiger partial charge is 0.456 e. The summed E-state index contributed by atoms with van der Waals surface area (Å²) in [6.45, 7) is 2.13. The number of aryl methyl sites for hydroxylation is 1. The first-order valence-corrected chi connectivity index (χ1v) is 8.87. The van der Waals surface area contributed by atoms with Crippen LogP contribution in [0.2, 0.25) is 0 Å². The molecule has 26 heavy (non-hydrogen) atoms. The van der Waals surface area contributed by atoms with Crippen molar-refractivity contribution in [2.75, 3.05) is 0 Å². The lowest BCUT2D eigenvalue weighted by molar-refractivity contribution is 0.669. The lowest BCUT2D eigenvalue weighted by Gasteiger charge is -2.06. The van der Waals surface area contributed by atoms with Gasteiger partial charge in [0.2, 0.25) is 0 Å². The smallest absolute Gasteiger partial charge is 0.136 e. The van der Waals surface area contributed by atoms with Gasteiger partial charge in [0.25, 0.3) is 0 Å². The Bertz CT molecular complexity index is 1230. The monoisotopic (exact) mass is 334 g/mol. The SMILES string of the molecule is Cc1cccc(-c2ccc(-c3ccc4c(c3)oc3ccccc34)cc2)c1. The van der Waals surface area contributed by atoms with Crippen LogP contribution in [0.15, 0.2) is 95.4 Å². The molecule has 0 bridgehead atoms. The second-order valence-electron chi connectivity index (χ2n) is 6.76. The summed E-state index contributed by atoms with van der Waals surface area (Å²) in [5.74, 6) is 0. The van der Waals surface area contributed by atoms with E-state index < -0.39 is 0 Å². The van der Waals surface area contributed by atoms with Crippen molar-refractivity contribution in [2.24, 2.45) is 0 Å². The zero-order valence-electron chi connectivity index (χ0n) is 14.6. The van der Waals surface area contributed by atoms with E-state index in [2.05, 4.69) is 85.8 Å². The molecule has 0 radical (unpaired) electrons. The molecule has 0 aliphatic rings. The van der Waals surface area contributed by atoms with Crippen LogP contribution in [0, 0.1) is 6.92 Å². The third-order valence-corrected chi connectivity index (χ3v) is 4.95. The van der Waals surface area contributed by atoms with E-state index in [0.717, 1.165) is 11.2 Å². The third-order valence-electron chi connectivity index (χ3n) is 4.95. The number of hydrogen-bond acceptors (Lipinski definition) is 1. The van der Waals surface area contributed by atoms with Crippen LogP contribution >= 0.6 is 0 Å².